The van der Waals surface area contributed by atoms with Crippen LogP contribution in [0.1, 0.15) is 11.1 Å². The molecule has 3 aromatic carbocycles. The summed E-state index contributed by atoms with van der Waals surface area (Å²) in [6.45, 7) is 0. The summed E-state index contributed by atoms with van der Waals surface area (Å²) in [6.07, 6.45) is 3.74. The summed E-state index contributed by atoms with van der Waals surface area (Å²) >= 11 is 0. The zero-order chi connectivity index (χ0) is 23.1. The van der Waals surface area contributed by atoms with E-state index in [4.69, 9.17) is 18.9 Å². The summed E-state index contributed by atoms with van der Waals surface area (Å²) < 4.78 is 49.3. The summed E-state index contributed by atoms with van der Waals surface area (Å²) in [5.74, 6) is 2.08. The van der Waals surface area contributed by atoms with E-state index in [2.05, 4.69) is 4.72 Å². The SMILES string of the molecule is COc1cccc(S(=O)(=O)Nc2cccc(/C=C\c3cc(OC)c(OC)c(OC)c3)c2)c1. The number of sulfonamides is 1. The molecule has 0 aliphatic rings. The monoisotopic (exact) mass is 455 g/mol. The van der Waals surface area contributed by atoms with Crippen molar-refractivity contribution in [2.45, 2.75) is 4.90 Å². The molecule has 0 aliphatic carbocycles. The van der Waals surface area contributed by atoms with Crippen LogP contribution in [0.3, 0.4) is 0 Å². The minimum atomic E-state index is -3.76. The van der Waals surface area contributed by atoms with Crippen molar-refractivity contribution in [3.05, 3.63) is 71.8 Å². The third-order valence-corrected chi connectivity index (χ3v) is 6.02. The normalized spacial score (nSPS) is 11.2. The van der Waals surface area contributed by atoms with Gasteiger partial charge in [0.25, 0.3) is 10.0 Å². The Morgan fingerprint density at radius 2 is 1.38 bits per heavy atom. The number of rotatable bonds is 9. The molecular formula is C24H25NO6S. The molecule has 0 aliphatic heterocycles. The predicted octanol–water partition coefficient (Wildman–Crippen LogP) is 4.69. The maximum absolute atomic E-state index is 12.7. The van der Waals surface area contributed by atoms with Gasteiger partial charge in [-0.1, -0.05) is 30.4 Å². The van der Waals surface area contributed by atoms with Gasteiger partial charge in [-0.05, 0) is 47.5 Å². The molecule has 0 aromatic heterocycles. The highest BCUT2D eigenvalue weighted by molar-refractivity contribution is 7.92. The number of hydrogen-bond donors (Lipinski definition) is 1. The molecule has 0 saturated carbocycles. The first-order valence-electron chi connectivity index (χ1n) is 9.65. The van der Waals surface area contributed by atoms with Crippen LogP contribution in [0.5, 0.6) is 23.0 Å². The molecule has 0 bridgehead atoms. The van der Waals surface area contributed by atoms with Crippen molar-refractivity contribution in [2.75, 3.05) is 33.2 Å². The Bertz CT molecular complexity index is 1200. The third kappa shape index (κ3) is 5.33. The highest BCUT2D eigenvalue weighted by atomic mass is 32.2. The van der Waals surface area contributed by atoms with Crippen molar-refractivity contribution in [3.63, 3.8) is 0 Å². The van der Waals surface area contributed by atoms with Gasteiger partial charge in [0.1, 0.15) is 5.75 Å². The van der Waals surface area contributed by atoms with Gasteiger partial charge in [-0.25, -0.2) is 8.42 Å². The van der Waals surface area contributed by atoms with Gasteiger partial charge in [0, 0.05) is 11.8 Å². The molecule has 0 atom stereocenters. The molecule has 7 nitrogen and oxygen atoms in total. The van der Waals surface area contributed by atoms with Crippen LogP contribution in [-0.2, 0) is 10.0 Å². The van der Waals surface area contributed by atoms with Crippen molar-refractivity contribution < 1.29 is 27.4 Å². The molecule has 3 rings (SSSR count). The van der Waals surface area contributed by atoms with Crippen molar-refractivity contribution in [3.8, 4) is 23.0 Å². The minimum Gasteiger partial charge on any atom is -0.497 e. The maximum Gasteiger partial charge on any atom is 0.262 e. The van der Waals surface area contributed by atoms with E-state index in [0.717, 1.165) is 11.1 Å². The van der Waals surface area contributed by atoms with Crippen LogP contribution >= 0.6 is 0 Å². The standard InChI is InChI=1S/C24H25NO6S/c1-28-20-9-6-10-21(16-20)32(26,27)25-19-8-5-7-17(13-19)11-12-18-14-22(29-2)24(31-4)23(15-18)30-3/h5-16,25H,1-4H3/b12-11-. The summed E-state index contributed by atoms with van der Waals surface area (Å²) in [5.41, 5.74) is 2.09. The van der Waals surface area contributed by atoms with Crippen LogP contribution in [0, 0.1) is 0 Å². The van der Waals surface area contributed by atoms with Crippen LogP contribution in [-0.4, -0.2) is 36.9 Å². The van der Waals surface area contributed by atoms with Crippen molar-refractivity contribution in [1.29, 1.82) is 0 Å². The molecule has 3 aromatic rings. The zero-order valence-electron chi connectivity index (χ0n) is 18.3. The zero-order valence-corrected chi connectivity index (χ0v) is 19.1. The molecule has 0 amide bonds. The third-order valence-electron chi connectivity index (χ3n) is 4.65. The second kappa shape index (κ2) is 10.1. The van der Waals surface area contributed by atoms with E-state index in [1.807, 2.05) is 30.4 Å². The van der Waals surface area contributed by atoms with E-state index < -0.39 is 10.0 Å². The summed E-state index contributed by atoms with van der Waals surface area (Å²) in [7, 11) is 2.40. The van der Waals surface area contributed by atoms with Gasteiger partial charge in [0.2, 0.25) is 5.75 Å². The Hall–Kier alpha value is -3.65. The number of nitrogens with one attached hydrogen (secondary N) is 1. The average Bonchev–Trinajstić information content (AvgIpc) is 2.81. The average molecular weight is 456 g/mol. The summed E-state index contributed by atoms with van der Waals surface area (Å²) in [5, 5.41) is 0. The molecule has 32 heavy (non-hydrogen) atoms. The Labute approximate surface area is 188 Å². The summed E-state index contributed by atoms with van der Waals surface area (Å²) in [4.78, 5) is 0.121. The van der Waals surface area contributed by atoms with Crippen LogP contribution in [0.2, 0.25) is 0 Å². The Morgan fingerprint density at radius 1 is 0.719 bits per heavy atom. The van der Waals surface area contributed by atoms with Gasteiger partial charge in [-0.15, -0.1) is 0 Å². The Balaban J connectivity index is 1.84. The van der Waals surface area contributed by atoms with E-state index in [-0.39, 0.29) is 4.90 Å². The lowest BCUT2D eigenvalue weighted by molar-refractivity contribution is 0.324. The van der Waals surface area contributed by atoms with Gasteiger partial charge >= 0.3 is 0 Å². The van der Waals surface area contributed by atoms with E-state index >= 15 is 0 Å². The van der Waals surface area contributed by atoms with E-state index in [9.17, 15) is 8.42 Å². The second-order valence-corrected chi connectivity index (χ2v) is 8.38. The topological polar surface area (TPSA) is 83.1 Å². The molecule has 1 N–H and O–H groups in total. The van der Waals surface area contributed by atoms with Crippen LogP contribution in [0.4, 0.5) is 5.69 Å². The highest BCUT2D eigenvalue weighted by Crippen LogP contribution is 2.38. The number of ether oxygens (including phenoxy) is 4. The van der Waals surface area contributed by atoms with Gasteiger partial charge in [0.05, 0.1) is 33.3 Å². The van der Waals surface area contributed by atoms with Crippen molar-refractivity contribution >= 4 is 27.9 Å². The fourth-order valence-electron chi connectivity index (χ4n) is 3.08. The van der Waals surface area contributed by atoms with Gasteiger partial charge < -0.3 is 18.9 Å². The molecule has 168 valence electrons. The largest absolute Gasteiger partial charge is 0.497 e. The second-order valence-electron chi connectivity index (χ2n) is 6.70. The predicted molar refractivity (Wildman–Crippen MR) is 125 cm³/mol. The first-order valence-corrected chi connectivity index (χ1v) is 11.1. The van der Waals surface area contributed by atoms with Gasteiger partial charge in [-0.2, -0.15) is 0 Å². The molecule has 0 heterocycles. The molecular weight excluding hydrogens is 430 g/mol. The first-order chi connectivity index (χ1) is 15.4. The molecule has 0 unspecified atom stereocenters. The molecule has 0 fully saturated rings. The smallest absolute Gasteiger partial charge is 0.262 e. The van der Waals surface area contributed by atoms with Gasteiger partial charge in [-0.3, -0.25) is 4.72 Å². The van der Waals surface area contributed by atoms with Crippen LogP contribution in [0.25, 0.3) is 12.2 Å². The quantitative estimate of drug-likeness (QED) is 0.471. The Kier molecular flexibility index (Phi) is 7.27. The molecule has 0 radical (unpaired) electrons. The lowest BCUT2D eigenvalue weighted by atomic mass is 10.1. The van der Waals surface area contributed by atoms with Crippen LogP contribution in [0.15, 0.2) is 65.6 Å². The summed E-state index contributed by atoms with van der Waals surface area (Å²) in [6, 6.07) is 17.0. The van der Waals surface area contributed by atoms with E-state index in [1.165, 1.54) is 19.2 Å². The number of methoxy groups -OCH3 is 4. The number of benzene rings is 3. The minimum absolute atomic E-state index is 0.121. The fourth-order valence-corrected chi connectivity index (χ4v) is 4.16. The van der Waals surface area contributed by atoms with E-state index in [1.54, 1.807) is 51.7 Å². The van der Waals surface area contributed by atoms with Gasteiger partial charge in [0.15, 0.2) is 11.5 Å². The number of hydrogen-bond acceptors (Lipinski definition) is 6. The van der Waals surface area contributed by atoms with Crippen molar-refractivity contribution in [1.82, 2.24) is 0 Å². The number of anilines is 1. The van der Waals surface area contributed by atoms with Crippen LogP contribution < -0.4 is 23.7 Å². The lowest BCUT2D eigenvalue weighted by Gasteiger charge is -2.13. The molecule has 0 spiro atoms. The van der Waals surface area contributed by atoms with E-state index in [0.29, 0.717) is 28.7 Å². The Morgan fingerprint density at radius 3 is 2.00 bits per heavy atom. The first kappa shape index (κ1) is 23.0. The lowest BCUT2D eigenvalue weighted by Crippen LogP contribution is -2.13. The highest BCUT2D eigenvalue weighted by Gasteiger charge is 2.15. The fraction of sp³-hybridized carbons (Fsp3) is 0.167. The van der Waals surface area contributed by atoms with Crippen molar-refractivity contribution in [2.24, 2.45) is 0 Å². The maximum atomic E-state index is 12.7. The molecule has 0 saturated heterocycles. The molecule has 8 heteroatoms.